The van der Waals surface area contributed by atoms with Crippen LogP contribution in [0.25, 0.3) is 56.0 Å². The first-order valence-electron chi connectivity index (χ1n) is 13.3. The van der Waals surface area contributed by atoms with Crippen LogP contribution >= 0.6 is 11.6 Å². The molecule has 0 saturated carbocycles. The maximum Gasteiger partial charge on any atom is 0.255 e. The van der Waals surface area contributed by atoms with Gasteiger partial charge < -0.3 is 18.9 Å². The Morgan fingerprint density at radius 3 is 2.36 bits per heavy atom. The number of ether oxygens (including phenoxy) is 1. The minimum absolute atomic E-state index is 0.213. The SMILES string of the molecule is CNC(=O)c1c(-c2ccc(F)cc2)oc2cc(N(C)S(C)(=O)=O)c(-c3ccc(OC)c(-c4nc5cc(Cl)ccc5o4)c3)cc12. The Morgan fingerprint density at radius 1 is 0.955 bits per heavy atom. The molecule has 0 aliphatic rings. The van der Waals surface area contributed by atoms with Crippen molar-refractivity contribution >= 4 is 55.3 Å². The number of carbonyl (C=O) groups is 1. The molecular formula is C32H25ClFN3O6S. The van der Waals surface area contributed by atoms with E-state index in [1.165, 1.54) is 45.5 Å². The Balaban J connectivity index is 1.63. The molecule has 0 spiro atoms. The minimum atomic E-state index is -3.73. The Bertz CT molecular complexity index is 2190. The molecule has 0 bridgehead atoms. The smallest absolute Gasteiger partial charge is 0.255 e. The summed E-state index contributed by atoms with van der Waals surface area (Å²) >= 11 is 6.15. The lowest BCUT2D eigenvalue weighted by atomic mass is 9.97. The van der Waals surface area contributed by atoms with Crippen molar-refractivity contribution in [2.75, 3.05) is 31.8 Å². The molecule has 2 aromatic heterocycles. The number of sulfonamides is 1. The molecule has 0 saturated heterocycles. The summed E-state index contributed by atoms with van der Waals surface area (Å²) in [5, 5.41) is 3.57. The van der Waals surface area contributed by atoms with Crippen LogP contribution in [0.5, 0.6) is 5.75 Å². The van der Waals surface area contributed by atoms with Crippen LogP contribution in [-0.2, 0) is 10.0 Å². The van der Waals surface area contributed by atoms with Gasteiger partial charge in [0.15, 0.2) is 5.58 Å². The third-order valence-electron chi connectivity index (χ3n) is 7.29. The highest BCUT2D eigenvalue weighted by atomic mass is 35.5. The number of benzene rings is 4. The Morgan fingerprint density at radius 2 is 1.68 bits per heavy atom. The molecule has 1 amide bonds. The van der Waals surface area contributed by atoms with Gasteiger partial charge in [0, 0.05) is 41.7 Å². The van der Waals surface area contributed by atoms with E-state index in [1.807, 2.05) is 0 Å². The third kappa shape index (κ3) is 5.14. The van der Waals surface area contributed by atoms with E-state index in [0.29, 0.717) is 55.2 Å². The second kappa shape index (κ2) is 11.0. The number of hydrogen-bond donors (Lipinski definition) is 1. The van der Waals surface area contributed by atoms with Gasteiger partial charge in [0.05, 0.1) is 30.2 Å². The Kier molecular flexibility index (Phi) is 7.30. The highest BCUT2D eigenvalue weighted by Gasteiger charge is 2.26. The van der Waals surface area contributed by atoms with Crippen LogP contribution in [0.1, 0.15) is 10.4 Å². The quantitative estimate of drug-likeness (QED) is 0.199. The van der Waals surface area contributed by atoms with Crippen LogP contribution in [0.4, 0.5) is 10.1 Å². The van der Waals surface area contributed by atoms with Gasteiger partial charge in [-0.2, -0.15) is 0 Å². The van der Waals surface area contributed by atoms with E-state index < -0.39 is 21.7 Å². The number of oxazole rings is 1. The van der Waals surface area contributed by atoms with Gasteiger partial charge in [-0.1, -0.05) is 17.7 Å². The Labute approximate surface area is 256 Å². The molecule has 0 aliphatic heterocycles. The summed E-state index contributed by atoms with van der Waals surface area (Å²) < 4.78 is 58.2. The van der Waals surface area contributed by atoms with E-state index in [2.05, 4.69) is 10.3 Å². The third-order valence-corrected chi connectivity index (χ3v) is 8.72. The molecule has 0 unspecified atom stereocenters. The zero-order valence-corrected chi connectivity index (χ0v) is 25.5. The topological polar surface area (TPSA) is 115 Å². The van der Waals surface area contributed by atoms with Gasteiger partial charge in [0.25, 0.3) is 5.91 Å². The van der Waals surface area contributed by atoms with Crippen LogP contribution in [0.15, 0.2) is 81.6 Å². The van der Waals surface area contributed by atoms with Crippen molar-refractivity contribution in [1.82, 2.24) is 10.3 Å². The highest BCUT2D eigenvalue weighted by Crippen LogP contribution is 2.43. The van der Waals surface area contributed by atoms with Gasteiger partial charge in [-0.3, -0.25) is 9.10 Å². The number of anilines is 1. The van der Waals surface area contributed by atoms with Crippen molar-refractivity contribution in [3.63, 3.8) is 0 Å². The largest absolute Gasteiger partial charge is 0.496 e. The summed E-state index contributed by atoms with van der Waals surface area (Å²) in [7, 11) is 0.709. The van der Waals surface area contributed by atoms with Crippen molar-refractivity contribution in [2.45, 2.75) is 0 Å². The van der Waals surface area contributed by atoms with E-state index >= 15 is 0 Å². The van der Waals surface area contributed by atoms with E-state index in [0.717, 1.165) is 10.6 Å². The van der Waals surface area contributed by atoms with Crippen LogP contribution < -0.4 is 14.4 Å². The summed E-state index contributed by atoms with van der Waals surface area (Å²) in [6, 6.07) is 19.2. The van der Waals surface area contributed by atoms with Crippen molar-refractivity contribution in [2.24, 2.45) is 0 Å². The molecule has 6 rings (SSSR count). The normalized spacial score (nSPS) is 11.7. The number of carbonyl (C=O) groups excluding carboxylic acids is 1. The first-order valence-corrected chi connectivity index (χ1v) is 15.5. The zero-order chi connectivity index (χ0) is 31.3. The lowest BCUT2D eigenvalue weighted by Crippen LogP contribution is -2.25. The molecule has 44 heavy (non-hydrogen) atoms. The van der Waals surface area contributed by atoms with E-state index in [9.17, 15) is 17.6 Å². The highest BCUT2D eigenvalue weighted by molar-refractivity contribution is 7.92. The minimum Gasteiger partial charge on any atom is -0.496 e. The molecule has 4 aromatic carbocycles. The summed E-state index contributed by atoms with van der Waals surface area (Å²) in [6.45, 7) is 0. The van der Waals surface area contributed by atoms with Gasteiger partial charge in [0.1, 0.15) is 28.4 Å². The number of hydrogen-bond acceptors (Lipinski definition) is 7. The molecule has 0 aliphatic carbocycles. The van der Waals surface area contributed by atoms with Crippen LogP contribution in [0.2, 0.25) is 5.02 Å². The number of methoxy groups -OCH3 is 1. The average molecular weight is 634 g/mol. The van der Waals surface area contributed by atoms with E-state index in [1.54, 1.807) is 48.5 Å². The second-order valence-electron chi connectivity index (χ2n) is 10.0. The first-order chi connectivity index (χ1) is 21.0. The van der Waals surface area contributed by atoms with Crippen molar-refractivity contribution in [3.8, 4) is 39.7 Å². The summed E-state index contributed by atoms with van der Waals surface area (Å²) in [5.41, 5.74) is 3.91. The molecule has 0 fully saturated rings. The number of aromatic nitrogens is 1. The van der Waals surface area contributed by atoms with Crippen molar-refractivity contribution in [3.05, 3.63) is 89.2 Å². The molecule has 0 radical (unpaired) electrons. The first kappa shape index (κ1) is 29.2. The fourth-order valence-corrected chi connectivity index (χ4v) is 5.69. The van der Waals surface area contributed by atoms with Gasteiger partial charge in [-0.05, 0) is 66.2 Å². The van der Waals surface area contributed by atoms with Gasteiger partial charge in [0.2, 0.25) is 15.9 Å². The van der Waals surface area contributed by atoms with Crippen LogP contribution in [-0.4, -0.2) is 46.8 Å². The lowest BCUT2D eigenvalue weighted by Gasteiger charge is -2.21. The number of furan rings is 1. The predicted octanol–water partition coefficient (Wildman–Crippen LogP) is 7.13. The number of nitrogens with zero attached hydrogens (tertiary/aromatic N) is 2. The Hall–Kier alpha value is -4.87. The van der Waals surface area contributed by atoms with Gasteiger partial charge in [-0.15, -0.1) is 0 Å². The van der Waals surface area contributed by atoms with E-state index in [4.69, 9.17) is 25.2 Å². The second-order valence-corrected chi connectivity index (χ2v) is 12.5. The summed E-state index contributed by atoms with van der Waals surface area (Å²) in [6.07, 6.45) is 1.09. The standard InChI is InChI=1S/C32H25ClFN3O6S/c1-35-31(38)29-22-15-21(18-7-11-26(41-3)23(13-18)32-36-24-14-19(33)8-12-27(24)43-32)25(37(2)44(4,39)40)16-28(22)42-30(29)17-5-9-20(34)10-6-17/h5-16H,1-4H3,(H,35,38). The molecule has 0 atom stereocenters. The number of rotatable bonds is 7. The maximum absolute atomic E-state index is 13.7. The summed E-state index contributed by atoms with van der Waals surface area (Å²) in [4.78, 5) is 17.8. The van der Waals surface area contributed by atoms with Gasteiger partial charge >= 0.3 is 0 Å². The monoisotopic (exact) mass is 633 g/mol. The van der Waals surface area contributed by atoms with E-state index in [-0.39, 0.29) is 22.8 Å². The maximum atomic E-state index is 13.7. The average Bonchev–Trinajstić information content (AvgIpc) is 3.60. The number of amides is 1. The molecule has 1 N–H and O–H groups in total. The molecule has 12 heteroatoms. The summed E-state index contributed by atoms with van der Waals surface area (Å²) in [5.74, 6) is 0.0818. The lowest BCUT2D eigenvalue weighted by molar-refractivity contribution is 0.0964. The zero-order valence-electron chi connectivity index (χ0n) is 23.9. The predicted molar refractivity (Wildman–Crippen MR) is 168 cm³/mol. The molecule has 2 heterocycles. The van der Waals surface area contributed by atoms with Crippen LogP contribution in [0.3, 0.4) is 0 Å². The number of halogens is 2. The van der Waals surface area contributed by atoms with Gasteiger partial charge in [-0.25, -0.2) is 17.8 Å². The number of nitrogens with one attached hydrogen (secondary N) is 1. The van der Waals surface area contributed by atoms with Crippen molar-refractivity contribution in [1.29, 1.82) is 0 Å². The molecular weight excluding hydrogens is 609 g/mol. The van der Waals surface area contributed by atoms with Crippen molar-refractivity contribution < 1.29 is 31.2 Å². The molecule has 224 valence electrons. The fourth-order valence-electron chi connectivity index (χ4n) is 5.02. The fraction of sp³-hybridized carbons (Fsp3) is 0.125. The molecule has 6 aromatic rings. The number of fused-ring (bicyclic) bond motifs is 2. The van der Waals surface area contributed by atoms with Crippen LogP contribution in [0, 0.1) is 5.82 Å². The molecule has 9 nitrogen and oxygen atoms in total.